The van der Waals surface area contributed by atoms with Gasteiger partial charge in [0.2, 0.25) is 0 Å². The molecule has 1 unspecified atom stereocenters. The van der Waals surface area contributed by atoms with Gasteiger partial charge in [0.25, 0.3) is 0 Å². The van der Waals surface area contributed by atoms with Crippen molar-refractivity contribution in [2.75, 3.05) is 44.4 Å². The van der Waals surface area contributed by atoms with Crippen LogP contribution in [0, 0.1) is 0 Å². The first-order chi connectivity index (χ1) is 11.9. The van der Waals surface area contributed by atoms with Gasteiger partial charge in [-0.05, 0) is 44.7 Å². The zero-order valence-corrected chi connectivity index (χ0v) is 16.8. The molecule has 1 aromatic rings. The number of guanidine groups is 1. The van der Waals surface area contributed by atoms with Crippen molar-refractivity contribution in [2.24, 2.45) is 4.99 Å². The van der Waals surface area contributed by atoms with Crippen molar-refractivity contribution < 1.29 is 4.74 Å². The van der Waals surface area contributed by atoms with E-state index in [0.29, 0.717) is 0 Å². The highest BCUT2D eigenvalue weighted by atomic mass is 32.2. The molecule has 0 saturated carbocycles. The molecule has 140 valence electrons. The Morgan fingerprint density at radius 3 is 2.96 bits per heavy atom. The number of rotatable bonds is 6. The molecule has 7 heteroatoms. The Balaban J connectivity index is 1.90. The maximum absolute atomic E-state index is 5.61. The molecule has 0 amide bonds. The van der Waals surface area contributed by atoms with Gasteiger partial charge >= 0.3 is 0 Å². The first-order valence-corrected chi connectivity index (χ1v) is 9.97. The molecule has 0 aromatic carbocycles. The maximum atomic E-state index is 5.61. The van der Waals surface area contributed by atoms with Crippen LogP contribution < -0.4 is 15.5 Å². The van der Waals surface area contributed by atoms with E-state index in [9.17, 15) is 0 Å². The fourth-order valence-electron chi connectivity index (χ4n) is 2.55. The molecule has 6 nitrogen and oxygen atoms in total. The number of ether oxygens (including phenoxy) is 1. The molecule has 0 spiro atoms. The number of pyridine rings is 1. The van der Waals surface area contributed by atoms with Gasteiger partial charge in [-0.3, -0.25) is 4.99 Å². The number of nitrogens with one attached hydrogen (secondary N) is 2. The molecule has 0 bridgehead atoms. The first kappa shape index (κ1) is 19.8. The lowest BCUT2D eigenvalue weighted by Gasteiger charge is -2.32. The van der Waals surface area contributed by atoms with E-state index in [0.717, 1.165) is 44.6 Å². The molecule has 25 heavy (non-hydrogen) atoms. The first-order valence-electron chi connectivity index (χ1n) is 8.74. The second-order valence-electron chi connectivity index (χ2n) is 6.89. The van der Waals surface area contributed by atoms with Gasteiger partial charge in [0.15, 0.2) is 5.96 Å². The fourth-order valence-corrected chi connectivity index (χ4v) is 2.76. The fraction of sp³-hybridized carbons (Fsp3) is 0.667. The molecule has 1 fully saturated rings. The number of aliphatic imine (C=N–C) groups is 1. The van der Waals surface area contributed by atoms with Crippen molar-refractivity contribution in [2.45, 2.75) is 38.2 Å². The number of hydrogen-bond donors (Lipinski definition) is 2. The molecular weight excluding hydrogens is 334 g/mol. The summed E-state index contributed by atoms with van der Waals surface area (Å²) in [5.41, 5.74) is 1.19. The van der Waals surface area contributed by atoms with Crippen molar-refractivity contribution in [3.63, 3.8) is 0 Å². The highest BCUT2D eigenvalue weighted by Gasteiger charge is 2.18. The third-order valence-electron chi connectivity index (χ3n) is 4.29. The molecule has 2 rings (SSSR count). The summed E-state index contributed by atoms with van der Waals surface area (Å²) in [7, 11) is 1.80. The Morgan fingerprint density at radius 2 is 2.28 bits per heavy atom. The Kier molecular flexibility index (Phi) is 7.38. The minimum Gasteiger partial charge on any atom is -0.375 e. The Bertz CT molecular complexity index is 578. The van der Waals surface area contributed by atoms with E-state index in [1.54, 1.807) is 7.05 Å². The van der Waals surface area contributed by atoms with Gasteiger partial charge < -0.3 is 20.3 Å². The molecule has 2 N–H and O–H groups in total. The Morgan fingerprint density at radius 1 is 1.48 bits per heavy atom. The van der Waals surface area contributed by atoms with Crippen molar-refractivity contribution in [1.29, 1.82) is 0 Å². The quantitative estimate of drug-likeness (QED) is 0.595. The normalized spacial score (nSPS) is 19.0. The van der Waals surface area contributed by atoms with E-state index >= 15 is 0 Å². The van der Waals surface area contributed by atoms with Crippen molar-refractivity contribution in [1.82, 2.24) is 15.6 Å². The van der Waals surface area contributed by atoms with Crippen LogP contribution in [0.5, 0.6) is 0 Å². The number of nitrogens with zero attached hydrogens (tertiary/aromatic N) is 3. The molecular formula is C18H31N5OS. The van der Waals surface area contributed by atoms with E-state index < -0.39 is 0 Å². The summed E-state index contributed by atoms with van der Waals surface area (Å²) in [4.78, 5) is 11.1. The van der Waals surface area contributed by atoms with Crippen LogP contribution in [-0.2, 0) is 11.3 Å². The topological polar surface area (TPSA) is 61.8 Å². The molecule has 1 saturated heterocycles. The summed E-state index contributed by atoms with van der Waals surface area (Å²) in [6.07, 6.45) is 4.25. The second-order valence-corrected chi connectivity index (χ2v) is 8.41. The summed E-state index contributed by atoms with van der Waals surface area (Å²) in [5.74, 6) is 1.83. The van der Waals surface area contributed by atoms with Crippen LogP contribution in [0.2, 0.25) is 0 Å². The molecule has 1 atom stereocenters. The molecule has 0 aliphatic carbocycles. The van der Waals surface area contributed by atoms with Crippen LogP contribution in [0.4, 0.5) is 5.82 Å². The van der Waals surface area contributed by atoms with Crippen molar-refractivity contribution >= 4 is 23.5 Å². The van der Waals surface area contributed by atoms with Crippen LogP contribution in [0.1, 0.15) is 26.3 Å². The average molecular weight is 366 g/mol. The minimum absolute atomic E-state index is 0.175. The zero-order chi connectivity index (χ0) is 18.3. The van der Waals surface area contributed by atoms with Crippen molar-refractivity contribution in [3.8, 4) is 0 Å². The number of anilines is 1. The zero-order valence-electron chi connectivity index (χ0n) is 16.0. The Labute approximate surface area is 155 Å². The highest BCUT2D eigenvalue weighted by molar-refractivity contribution is 7.99. The lowest BCUT2D eigenvalue weighted by Crippen LogP contribution is -2.43. The van der Waals surface area contributed by atoms with Gasteiger partial charge in [0.05, 0.1) is 12.7 Å². The maximum Gasteiger partial charge on any atom is 0.191 e. The lowest BCUT2D eigenvalue weighted by molar-refractivity contribution is 0.0529. The molecule has 1 aliphatic heterocycles. The minimum atomic E-state index is 0.175. The number of hydrogen-bond acceptors (Lipinski definition) is 5. The van der Waals surface area contributed by atoms with Gasteiger partial charge in [-0.25, -0.2) is 4.98 Å². The summed E-state index contributed by atoms with van der Waals surface area (Å²) in [6, 6.07) is 4.18. The predicted molar refractivity (Wildman–Crippen MR) is 108 cm³/mol. The smallest absolute Gasteiger partial charge is 0.191 e. The van der Waals surface area contributed by atoms with Gasteiger partial charge in [-0.1, -0.05) is 0 Å². The van der Waals surface area contributed by atoms with Crippen LogP contribution in [0.15, 0.2) is 23.3 Å². The second kappa shape index (κ2) is 9.29. The monoisotopic (exact) mass is 365 g/mol. The molecule has 1 aromatic heterocycles. The SMILES string of the molecule is CN=C(NCc1ccnc(N2CCOC(C)C2)c1)NCC(C)(C)SC. The van der Waals surface area contributed by atoms with Crippen LogP contribution in [0.3, 0.4) is 0 Å². The van der Waals surface area contributed by atoms with Gasteiger partial charge in [0, 0.05) is 44.2 Å². The third-order valence-corrected chi connectivity index (χ3v) is 5.54. The van der Waals surface area contributed by atoms with E-state index in [1.807, 2.05) is 24.0 Å². The highest BCUT2D eigenvalue weighted by Crippen LogP contribution is 2.19. The van der Waals surface area contributed by atoms with E-state index in [-0.39, 0.29) is 10.9 Å². The summed E-state index contributed by atoms with van der Waals surface area (Å²) in [5, 5.41) is 6.77. The summed E-state index contributed by atoms with van der Waals surface area (Å²) < 4.78 is 5.78. The lowest BCUT2D eigenvalue weighted by atomic mass is 10.2. The van der Waals surface area contributed by atoms with Gasteiger partial charge in [-0.15, -0.1) is 0 Å². The standard InChI is InChI=1S/C18H31N5OS/c1-14-12-23(8-9-24-14)16-10-15(6-7-20-16)11-21-17(19-4)22-13-18(2,3)25-5/h6-7,10,14H,8-9,11-13H2,1-5H3,(H2,19,21,22). The number of thioether (sulfide) groups is 1. The van der Waals surface area contributed by atoms with E-state index in [4.69, 9.17) is 4.74 Å². The largest absolute Gasteiger partial charge is 0.375 e. The van der Waals surface area contributed by atoms with Crippen LogP contribution in [-0.4, -0.2) is 61.3 Å². The summed E-state index contributed by atoms with van der Waals surface area (Å²) >= 11 is 1.84. The van der Waals surface area contributed by atoms with Gasteiger partial charge in [0.1, 0.15) is 5.82 Å². The van der Waals surface area contributed by atoms with Gasteiger partial charge in [-0.2, -0.15) is 11.8 Å². The van der Waals surface area contributed by atoms with Crippen LogP contribution >= 0.6 is 11.8 Å². The van der Waals surface area contributed by atoms with Crippen molar-refractivity contribution in [3.05, 3.63) is 23.9 Å². The average Bonchev–Trinajstić information content (AvgIpc) is 2.62. The molecule has 0 radical (unpaired) electrons. The van der Waals surface area contributed by atoms with Crippen LogP contribution in [0.25, 0.3) is 0 Å². The van der Waals surface area contributed by atoms with E-state index in [2.05, 4.69) is 58.6 Å². The summed E-state index contributed by atoms with van der Waals surface area (Å²) in [6.45, 7) is 10.7. The number of morpholine rings is 1. The third kappa shape index (κ3) is 6.40. The number of aromatic nitrogens is 1. The van der Waals surface area contributed by atoms with E-state index in [1.165, 1.54) is 5.56 Å². The predicted octanol–water partition coefficient (Wildman–Crippen LogP) is 2.11. The molecule has 2 heterocycles. The Hall–Kier alpha value is -1.47. The molecule has 1 aliphatic rings.